The molecule has 1 aromatic carbocycles. The minimum absolute atomic E-state index is 0.0758. The van der Waals surface area contributed by atoms with E-state index in [-0.39, 0.29) is 12.1 Å². The van der Waals surface area contributed by atoms with Crippen LogP contribution in [-0.4, -0.2) is 25.8 Å². The van der Waals surface area contributed by atoms with Crippen LogP contribution in [0.2, 0.25) is 0 Å². The summed E-state index contributed by atoms with van der Waals surface area (Å²) in [6.45, 7) is 0.408. The lowest BCUT2D eigenvalue weighted by Gasteiger charge is -2.16. The third-order valence-electron chi connectivity index (χ3n) is 3.89. The molecule has 1 heterocycles. The van der Waals surface area contributed by atoms with Gasteiger partial charge in [-0.15, -0.1) is 0 Å². The summed E-state index contributed by atoms with van der Waals surface area (Å²) in [6, 6.07) is 7.40. The molecule has 2 aliphatic rings. The Morgan fingerprint density at radius 1 is 1.26 bits per heavy atom. The summed E-state index contributed by atoms with van der Waals surface area (Å²) in [5.74, 6) is 0.522. The number of benzene rings is 1. The van der Waals surface area contributed by atoms with Gasteiger partial charge in [-0.3, -0.25) is 0 Å². The van der Waals surface area contributed by atoms with Gasteiger partial charge < -0.3 is 14.2 Å². The van der Waals surface area contributed by atoms with Crippen molar-refractivity contribution in [2.75, 3.05) is 13.7 Å². The van der Waals surface area contributed by atoms with Crippen LogP contribution in [-0.2, 0) is 19.9 Å². The number of epoxide rings is 1. The Kier molecular flexibility index (Phi) is 3.19. The molecule has 3 rings (SSSR count). The summed E-state index contributed by atoms with van der Waals surface area (Å²) in [6.07, 6.45) is 4.32. The molecule has 1 aromatic rings. The van der Waals surface area contributed by atoms with E-state index < -0.39 is 5.60 Å². The molecule has 1 unspecified atom stereocenters. The van der Waals surface area contributed by atoms with Gasteiger partial charge in [-0.1, -0.05) is 12.1 Å². The highest BCUT2D eigenvalue weighted by Crippen LogP contribution is 2.41. The van der Waals surface area contributed by atoms with E-state index in [9.17, 15) is 4.79 Å². The molecule has 4 heteroatoms. The standard InChI is InChI=1S/C15H18O4/c1-17-12-8-6-11(7-9-12)15(10-18-15)14(16)19-13-4-2-3-5-13/h6-9,13H,2-5,10H2,1H3. The predicted molar refractivity (Wildman–Crippen MR) is 69.0 cm³/mol. The first-order chi connectivity index (χ1) is 9.24. The third-order valence-corrected chi connectivity index (χ3v) is 3.89. The number of esters is 1. The molecule has 19 heavy (non-hydrogen) atoms. The van der Waals surface area contributed by atoms with Crippen molar-refractivity contribution >= 4 is 5.97 Å². The minimum atomic E-state index is -0.866. The van der Waals surface area contributed by atoms with Crippen molar-refractivity contribution in [1.29, 1.82) is 0 Å². The predicted octanol–water partition coefficient (Wildman–Crippen LogP) is 2.41. The van der Waals surface area contributed by atoms with E-state index >= 15 is 0 Å². The highest BCUT2D eigenvalue weighted by atomic mass is 16.6. The maximum atomic E-state index is 12.3. The SMILES string of the molecule is COc1ccc(C2(C(=O)OC3CCCC3)CO2)cc1. The van der Waals surface area contributed by atoms with Gasteiger partial charge in [-0.25, -0.2) is 4.79 Å². The molecule has 1 saturated heterocycles. The fourth-order valence-corrected chi connectivity index (χ4v) is 2.59. The Hall–Kier alpha value is -1.55. The van der Waals surface area contributed by atoms with E-state index in [1.807, 2.05) is 24.3 Å². The lowest BCUT2D eigenvalue weighted by atomic mass is 10.00. The monoisotopic (exact) mass is 262 g/mol. The zero-order valence-electron chi connectivity index (χ0n) is 11.1. The highest BCUT2D eigenvalue weighted by Gasteiger charge is 2.56. The van der Waals surface area contributed by atoms with Crippen LogP contribution in [0.4, 0.5) is 0 Å². The number of hydrogen-bond donors (Lipinski definition) is 0. The molecule has 0 radical (unpaired) electrons. The maximum absolute atomic E-state index is 12.3. The number of hydrogen-bond acceptors (Lipinski definition) is 4. The van der Waals surface area contributed by atoms with Crippen molar-refractivity contribution in [3.05, 3.63) is 29.8 Å². The smallest absolute Gasteiger partial charge is 0.345 e. The van der Waals surface area contributed by atoms with Crippen LogP contribution < -0.4 is 4.74 Å². The van der Waals surface area contributed by atoms with E-state index in [0.717, 1.165) is 37.0 Å². The Morgan fingerprint density at radius 2 is 1.89 bits per heavy atom. The van der Waals surface area contributed by atoms with Crippen molar-refractivity contribution in [3.8, 4) is 5.75 Å². The summed E-state index contributed by atoms with van der Waals surface area (Å²) >= 11 is 0. The molecule has 1 saturated carbocycles. The highest BCUT2D eigenvalue weighted by molar-refractivity contribution is 5.84. The van der Waals surface area contributed by atoms with Crippen molar-refractivity contribution in [1.82, 2.24) is 0 Å². The van der Waals surface area contributed by atoms with E-state index in [1.165, 1.54) is 0 Å². The fourth-order valence-electron chi connectivity index (χ4n) is 2.59. The third kappa shape index (κ3) is 2.32. The Bertz CT molecular complexity index is 456. The summed E-state index contributed by atoms with van der Waals surface area (Å²) in [4.78, 5) is 12.3. The average molecular weight is 262 g/mol. The molecule has 1 aliphatic heterocycles. The van der Waals surface area contributed by atoms with Gasteiger partial charge in [0, 0.05) is 0 Å². The number of methoxy groups -OCH3 is 1. The van der Waals surface area contributed by atoms with Crippen molar-refractivity contribution in [3.63, 3.8) is 0 Å². The molecule has 0 aromatic heterocycles. The van der Waals surface area contributed by atoms with Crippen molar-refractivity contribution in [2.45, 2.75) is 37.4 Å². The van der Waals surface area contributed by atoms with E-state index in [2.05, 4.69) is 0 Å². The summed E-state index contributed by atoms with van der Waals surface area (Å²) in [7, 11) is 1.62. The molecule has 102 valence electrons. The average Bonchev–Trinajstić information content (AvgIpc) is 3.11. The Morgan fingerprint density at radius 3 is 2.42 bits per heavy atom. The van der Waals surface area contributed by atoms with E-state index in [4.69, 9.17) is 14.2 Å². The lowest BCUT2D eigenvalue weighted by Crippen LogP contribution is -2.28. The molecule has 0 amide bonds. The first-order valence-corrected chi connectivity index (χ1v) is 6.74. The number of carbonyl (C=O) groups excluding carboxylic acids is 1. The van der Waals surface area contributed by atoms with E-state index in [1.54, 1.807) is 7.11 Å². The molecule has 2 fully saturated rings. The minimum Gasteiger partial charge on any atom is -0.497 e. The molecule has 0 spiro atoms. The summed E-state index contributed by atoms with van der Waals surface area (Å²) in [5.41, 5.74) is -0.0224. The van der Waals surface area contributed by atoms with Gasteiger partial charge in [-0.2, -0.15) is 0 Å². The van der Waals surface area contributed by atoms with E-state index in [0.29, 0.717) is 6.61 Å². The van der Waals surface area contributed by atoms with Crippen LogP contribution in [0, 0.1) is 0 Å². The number of rotatable bonds is 4. The summed E-state index contributed by atoms with van der Waals surface area (Å²) in [5, 5.41) is 0. The molecule has 4 nitrogen and oxygen atoms in total. The Balaban J connectivity index is 1.72. The molecule has 1 aliphatic carbocycles. The van der Waals surface area contributed by atoms with Crippen LogP contribution in [0.5, 0.6) is 5.75 Å². The second kappa shape index (κ2) is 4.85. The molecule has 0 bridgehead atoms. The lowest BCUT2D eigenvalue weighted by molar-refractivity contribution is -0.155. The summed E-state index contributed by atoms with van der Waals surface area (Å²) < 4.78 is 16.1. The molecular formula is C15H18O4. The number of carbonyl (C=O) groups is 1. The second-order valence-corrected chi connectivity index (χ2v) is 5.16. The van der Waals surface area contributed by atoms with Crippen LogP contribution >= 0.6 is 0 Å². The zero-order valence-corrected chi connectivity index (χ0v) is 11.1. The van der Waals surface area contributed by atoms with Gasteiger partial charge in [0.25, 0.3) is 0 Å². The number of ether oxygens (including phenoxy) is 3. The van der Waals surface area contributed by atoms with Gasteiger partial charge in [0.05, 0.1) is 13.7 Å². The van der Waals surface area contributed by atoms with Gasteiger partial charge in [0.1, 0.15) is 11.9 Å². The van der Waals surface area contributed by atoms with Crippen LogP contribution in [0.3, 0.4) is 0 Å². The van der Waals surface area contributed by atoms with Gasteiger partial charge in [0.15, 0.2) is 0 Å². The van der Waals surface area contributed by atoms with Crippen molar-refractivity contribution in [2.24, 2.45) is 0 Å². The normalized spacial score (nSPS) is 26.2. The van der Waals surface area contributed by atoms with Gasteiger partial charge in [0.2, 0.25) is 5.60 Å². The zero-order chi connectivity index (χ0) is 13.3. The Labute approximate surface area is 112 Å². The topological polar surface area (TPSA) is 48.1 Å². The largest absolute Gasteiger partial charge is 0.497 e. The maximum Gasteiger partial charge on any atom is 0.345 e. The van der Waals surface area contributed by atoms with Crippen LogP contribution in [0.1, 0.15) is 31.2 Å². The first-order valence-electron chi connectivity index (χ1n) is 6.74. The van der Waals surface area contributed by atoms with Crippen LogP contribution in [0.15, 0.2) is 24.3 Å². The quantitative estimate of drug-likeness (QED) is 0.617. The molecule has 0 N–H and O–H groups in total. The van der Waals surface area contributed by atoms with Gasteiger partial charge in [-0.05, 0) is 43.4 Å². The fraction of sp³-hybridized carbons (Fsp3) is 0.533. The van der Waals surface area contributed by atoms with Gasteiger partial charge >= 0.3 is 5.97 Å². The second-order valence-electron chi connectivity index (χ2n) is 5.16. The molecule has 1 atom stereocenters. The van der Waals surface area contributed by atoms with Crippen LogP contribution in [0.25, 0.3) is 0 Å². The first kappa shape index (κ1) is 12.5. The molecular weight excluding hydrogens is 244 g/mol. The van der Waals surface area contributed by atoms with Crippen molar-refractivity contribution < 1.29 is 19.0 Å².